The van der Waals surface area contributed by atoms with Crippen LogP contribution in [0.2, 0.25) is 0 Å². The Bertz CT molecular complexity index is 2210. The van der Waals surface area contributed by atoms with Crippen molar-refractivity contribution in [1.82, 2.24) is 0 Å². The van der Waals surface area contributed by atoms with Gasteiger partial charge in [0.1, 0.15) is 22.3 Å². The predicted molar refractivity (Wildman–Crippen MR) is 151 cm³/mol. The zero-order chi connectivity index (χ0) is 27.4. The number of rotatable bonds is 2. The zero-order valence-corrected chi connectivity index (χ0v) is 20.7. The molecule has 7 rings (SSSR count). The summed E-state index contributed by atoms with van der Waals surface area (Å²) in [5.41, 5.74) is 6.30. The highest BCUT2D eigenvalue weighted by Gasteiger charge is 2.28. The summed E-state index contributed by atoms with van der Waals surface area (Å²) in [5, 5.41) is 42.3. The molecule has 6 heteroatoms. The molecule has 182 valence electrons. The van der Waals surface area contributed by atoms with Crippen LogP contribution in [0, 0.1) is 45.3 Å². The molecule has 0 aliphatic rings. The normalized spacial score (nSPS) is 10.9. The van der Waals surface area contributed by atoms with E-state index >= 15 is 0 Å². The minimum atomic E-state index is 0.330. The minimum Gasteiger partial charge on any atom is -0.455 e. The Hall–Kier alpha value is -6.34. The van der Waals surface area contributed by atoms with Gasteiger partial charge in [-0.15, -0.1) is 0 Å². The summed E-state index contributed by atoms with van der Waals surface area (Å²) >= 11 is 0. The topological polar surface area (TPSA) is 121 Å². The third-order valence-electron chi connectivity index (χ3n) is 7.22. The maximum Gasteiger partial charge on any atom is 0.144 e. The third-order valence-corrected chi connectivity index (χ3v) is 7.22. The number of nitriles is 4. The summed E-state index contributed by atoms with van der Waals surface area (Å²) in [5.74, 6) is 0. The summed E-state index contributed by atoms with van der Waals surface area (Å²) in [4.78, 5) is 0. The van der Waals surface area contributed by atoms with Gasteiger partial charge in [-0.1, -0.05) is 48.5 Å². The lowest BCUT2D eigenvalue weighted by molar-refractivity contribution is 0.665. The van der Waals surface area contributed by atoms with Gasteiger partial charge in [0.2, 0.25) is 0 Å². The lowest BCUT2D eigenvalue weighted by Gasteiger charge is -2.13. The van der Waals surface area contributed by atoms with Crippen LogP contribution in [-0.4, -0.2) is 0 Å². The molecule has 0 unspecified atom stereocenters. The number of furan rings is 2. The molecule has 0 aliphatic heterocycles. The first-order valence-corrected chi connectivity index (χ1v) is 12.3. The average Bonchev–Trinajstić information content (AvgIpc) is 3.58. The van der Waals surface area contributed by atoms with Gasteiger partial charge < -0.3 is 8.83 Å². The first kappa shape index (κ1) is 22.8. The fraction of sp³-hybridized carbons (Fsp3) is 0. The number of nitrogens with zero attached hydrogens (tertiary/aromatic N) is 4. The van der Waals surface area contributed by atoms with E-state index in [1.165, 1.54) is 0 Å². The van der Waals surface area contributed by atoms with Crippen LogP contribution in [-0.2, 0) is 0 Å². The molecule has 6 nitrogen and oxygen atoms in total. The first-order chi connectivity index (χ1) is 19.7. The summed E-state index contributed by atoms with van der Waals surface area (Å²) in [6.45, 7) is 0. The van der Waals surface area contributed by atoms with Crippen molar-refractivity contribution in [3.8, 4) is 46.5 Å². The van der Waals surface area contributed by atoms with Crippen LogP contribution in [0.3, 0.4) is 0 Å². The molecular formula is C34H14N4O2. The summed E-state index contributed by atoms with van der Waals surface area (Å²) < 4.78 is 13.1. The number of hydrogen-bond donors (Lipinski definition) is 0. The molecule has 2 heterocycles. The van der Waals surface area contributed by atoms with Crippen LogP contribution in [0.1, 0.15) is 22.3 Å². The van der Waals surface area contributed by atoms with Crippen LogP contribution >= 0.6 is 0 Å². The molecule has 0 bridgehead atoms. The molecular weight excluding hydrogens is 496 g/mol. The largest absolute Gasteiger partial charge is 0.455 e. The number of benzene rings is 5. The van der Waals surface area contributed by atoms with Crippen LogP contribution in [0.4, 0.5) is 0 Å². The summed E-state index contributed by atoms with van der Waals surface area (Å²) in [6.07, 6.45) is 0. The first-order valence-electron chi connectivity index (χ1n) is 12.3. The fourth-order valence-electron chi connectivity index (χ4n) is 5.53. The third kappa shape index (κ3) is 3.12. The van der Waals surface area contributed by atoms with E-state index in [9.17, 15) is 21.0 Å². The Morgan fingerprint density at radius 1 is 0.475 bits per heavy atom. The van der Waals surface area contributed by atoms with E-state index in [1.54, 1.807) is 36.4 Å². The highest BCUT2D eigenvalue weighted by atomic mass is 16.3. The fourth-order valence-corrected chi connectivity index (χ4v) is 5.53. The second-order valence-corrected chi connectivity index (χ2v) is 9.32. The Balaban J connectivity index is 1.80. The maximum atomic E-state index is 10.1. The van der Waals surface area contributed by atoms with Gasteiger partial charge in [0.05, 0.1) is 46.5 Å². The van der Waals surface area contributed by atoms with E-state index in [0.29, 0.717) is 66.8 Å². The van der Waals surface area contributed by atoms with Gasteiger partial charge in [0.25, 0.3) is 0 Å². The molecule has 2 aromatic heterocycles. The molecule has 0 N–H and O–H groups in total. The molecule has 0 aliphatic carbocycles. The van der Waals surface area contributed by atoms with Crippen molar-refractivity contribution >= 4 is 43.9 Å². The van der Waals surface area contributed by atoms with E-state index in [-0.39, 0.29) is 0 Å². The van der Waals surface area contributed by atoms with Gasteiger partial charge in [-0.3, -0.25) is 0 Å². The highest BCUT2D eigenvalue weighted by molar-refractivity contribution is 6.30. The standard InChI is InChI=1S/C34H14N4O2/c35-15-19-9-11-23(21(13-19)17-37)29-31-25-5-1-3-7-27(25)39-33(31)30(24-12-10-20(16-36)14-22(24)18-38)32-26-6-2-4-8-28(26)40-34(29)32/h1-14H. The van der Waals surface area contributed by atoms with Gasteiger partial charge in [0.15, 0.2) is 0 Å². The smallest absolute Gasteiger partial charge is 0.144 e. The van der Waals surface area contributed by atoms with Gasteiger partial charge in [-0.25, -0.2) is 0 Å². The molecule has 0 atom stereocenters. The molecule has 0 radical (unpaired) electrons. The highest BCUT2D eigenvalue weighted by Crippen LogP contribution is 2.51. The van der Waals surface area contributed by atoms with E-state index < -0.39 is 0 Å². The maximum absolute atomic E-state index is 10.1. The average molecular weight is 511 g/mol. The number of hydrogen-bond acceptors (Lipinski definition) is 6. The molecule has 0 saturated carbocycles. The Kier molecular flexibility index (Phi) is 4.91. The molecule has 0 fully saturated rings. The van der Waals surface area contributed by atoms with Crippen molar-refractivity contribution in [2.75, 3.05) is 0 Å². The number of fused-ring (bicyclic) bond motifs is 6. The van der Waals surface area contributed by atoms with Crippen molar-refractivity contribution in [3.63, 3.8) is 0 Å². The lowest BCUT2D eigenvalue weighted by atomic mass is 9.87. The lowest BCUT2D eigenvalue weighted by Crippen LogP contribution is -1.93. The summed E-state index contributed by atoms with van der Waals surface area (Å²) in [7, 11) is 0. The van der Waals surface area contributed by atoms with Crippen molar-refractivity contribution in [3.05, 3.63) is 107 Å². The van der Waals surface area contributed by atoms with Gasteiger partial charge in [0, 0.05) is 43.8 Å². The quantitative estimate of drug-likeness (QED) is 0.230. The predicted octanol–water partition coefficient (Wildman–Crippen LogP) is 8.31. The van der Waals surface area contributed by atoms with E-state index in [2.05, 4.69) is 24.3 Å². The second-order valence-electron chi connectivity index (χ2n) is 9.32. The molecule has 0 spiro atoms. The van der Waals surface area contributed by atoms with Crippen molar-refractivity contribution in [2.24, 2.45) is 0 Å². The summed E-state index contributed by atoms with van der Waals surface area (Å²) in [6, 6.07) is 34.0. The Morgan fingerprint density at radius 2 is 0.900 bits per heavy atom. The molecule has 0 amide bonds. The zero-order valence-electron chi connectivity index (χ0n) is 20.7. The molecule has 5 aromatic carbocycles. The van der Waals surface area contributed by atoms with Crippen molar-refractivity contribution in [1.29, 1.82) is 21.0 Å². The van der Waals surface area contributed by atoms with Gasteiger partial charge in [-0.2, -0.15) is 21.0 Å². The van der Waals surface area contributed by atoms with Crippen molar-refractivity contribution in [2.45, 2.75) is 0 Å². The van der Waals surface area contributed by atoms with E-state index in [1.807, 2.05) is 48.5 Å². The minimum absolute atomic E-state index is 0.330. The van der Waals surface area contributed by atoms with E-state index in [4.69, 9.17) is 8.83 Å². The molecule has 40 heavy (non-hydrogen) atoms. The van der Waals surface area contributed by atoms with Crippen LogP contribution < -0.4 is 0 Å². The molecule has 7 aromatic rings. The van der Waals surface area contributed by atoms with Gasteiger partial charge in [-0.05, 0) is 36.4 Å². The van der Waals surface area contributed by atoms with Crippen molar-refractivity contribution < 1.29 is 8.83 Å². The molecule has 0 saturated heterocycles. The van der Waals surface area contributed by atoms with Gasteiger partial charge >= 0.3 is 0 Å². The number of para-hydroxylation sites is 2. The Labute approximate surface area is 227 Å². The Morgan fingerprint density at radius 3 is 1.30 bits per heavy atom. The second kappa shape index (κ2) is 8.61. The monoisotopic (exact) mass is 510 g/mol. The SMILES string of the molecule is N#Cc1ccc(-c2c3oc4ccccc4c3c(-c3ccc(C#N)cc3C#N)c3oc4ccccc4c23)c(C#N)c1. The van der Waals surface area contributed by atoms with E-state index in [0.717, 1.165) is 21.5 Å². The van der Waals surface area contributed by atoms with Crippen LogP contribution in [0.5, 0.6) is 0 Å². The van der Waals surface area contributed by atoms with Crippen LogP contribution in [0.25, 0.3) is 66.1 Å². The van der Waals surface area contributed by atoms with Crippen LogP contribution in [0.15, 0.2) is 93.8 Å².